The molecule has 292 valence electrons. The van der Waals surface area contributed by atoms with Gasteiger partial charge in [0, 0.05) is 73.8 Å². The molecule has 0 bridgehead atoms. The van der Waals surface area contributed by atoms with Gasteiger partial charge in [0.1, 0.15) is 13.1 Å². The van der Waals surface area contributed by atoms with Crippen LogP contribution in [-0.2, 0) is 17.6 Å². The molecule has 1 atom stereocenters. The number of aryl methyl sites for hydroxylation is 2. The van der Waals surface area contributed by atoms with E-state index in [1.165, 1.54) is 83.7 Å². The number of benzene rings is 4. The molecular formula is C43H51IKN5O4S2. The van der Waals surface area contributed by atoms with Crippen LogP contribution in [0.1, 0.15) is 69.9 Å². The molecule has 0 saturated carbocycles. The van der Waals surface area contributed by atoms with E-state index in [1.807, 2.05) is 17.4 Å². The van der Waals surface area contributed by atoms with Crippen molar-refractivity contribution >= 4 is 54.5 Å². The molecule has 1 unspecified atom stereocenters. The van der Waals surface area contributed by atoms with Gasteiger partial charge in [-0.1, -0.05) is 26.7 Å². The van der Waals surface area contributed by atoms with Gasteiger partial charge in [-0.25, -0.2) is 14.5 Å². The molecule has 56 heavy (non-hydrogen) atoms. The van der Waals surface area contributed by atoms with Crippen LogP contribution in [0.4, 0.5) is 11.4 Å². The summed E-state index contributed by atoms with van der Waals surface area (Å²) in [4.78, 5) is 29.0. The summed E-state index contributed by atoms with van der Waals surface area (Å²) in [5, 5.41) is 9.95. The summed E-state index contributed by atoms with van der Waals surface area (Å²) >= 11 is 3.56. The van der Waals surface area contributed by atoms with Crippen molar-refractivity contribution < 1.29 is 90.7 Å². The van der Waals surface area contributed by atoms with Crippen LogP contribution in [0.15, 0.2) is 65.5 Å². The van der Waals surface area contributed by atoms with E-state index < -0.39 is 6.29 Å². The fourth-order valence-electron chi connectivity index (χ4n) is 7.27. The molecule has 2 aliphatic carbocycles. The molecule has 6 heterocycles. The third kappa shape index (κ3) is 10.4. The Kier molecular flexibility index (Phi) is 17.1. The molecule has 8 aliphatic rings. The van der Waals surface area contributed by atoms with Gasteiger partial charge in [-0.2, -0.15) is 0 Å². The second kappa shape index (κ2) is 21.1. The van der Waals surface area contributed by atoms with Crippen LogP contribution in [0.2, 0.25) is 0 Å². The van der Waals surface area contributed by atoms with Crippen molar-refractivity contribution in [2.75, 3.05) is 55.7 Å². The number of rotatable bonds is 6. The zero-order valence-electron chi connectivity index (χ0n) is 32.8. The third-order valence-electron chi connectivity index (χ3n) is 10.7. The van der Waals surface area contributed by atoms with Gasteiger partial charge >= 0.3 is 51.4 Å². The predicted octanol–water partition coefficient (Wildman–Crippen LogP) is 1.61. The van der Waals surface area contributed by atoms with E-state index in [1.54, 1.807) is 17.4 Å². The maximum atomic E-state index is 12.2. The fraction of sp³-hybridized carbons (Fsp3) is 0.442. The van der Waals surface area contributed by atoms with E-state index in [9.17, 15) is 4.79 Å². The quantitative estimate of drug-likeness (QED) is 0.116. The minimum absolute atomic E-state index is 0. The average molecular weight is 932 g/mol. The molecule has 4 saturated heterocycles. The Morgan fingerprint density at radius 1 is 0.750 bits per heavy atom. The maximum absolute atomic E-state index is 12.2. The number of hydrogen-bond donors (Lipinski definition) is 1. The van der Waals surface area contributed by atoms with Crippen LogP contribution in [-0.4, -0.2) is 72.7 Å². The maximum Gasteiger partial charge on any atom is 1.00 e. The Hall–Kier alpha value is -1.63. The van der Waals surface area contributed by atoms with Crippen molar-refractivity contribution in [3.8, 4) is 21.1 Å². The number of nitrogens with zero attached hydrogens (tertiary/aromatic N) is 5. The predicted molar refractivity (Wildman–Crippen MR) is 223 cm³/mol. The molecule has 9 nitrogen and oxygen atoms in total. The van der Waals surface area contributed by atoms with Gasteiger partial charge in [-0.05, 0) is 80.6 Å². The largest absolute Gasteiger partial charge is 1.00 e. The Morgan fingerprint density at radius 2 is 1.29 bits per heavy atom. The smallest absolute Gasteiger partial charge is 1.00 e. The molecule has 10 rings (SSSR count). The second-order valence-corrected chi connectivity index (χ2v) is 16.8. The molecule has 0 aromatic heterocycles. The van der Waals surface area contributed by atoms with E-state index in [-0.39, 0.29) is 86.3 Å². The number of aromatic nitrogens is 2. The van der Waals surface area contributed by atoms with Crippen LogP contribution in [0.3, 0.4) is 0 Å². The van der Waals surface area contributed by atoms with Gasteiger partial charge < -0.3 is 49.1 Å². The van der Waals surface area contributed by atoms with Gasteiger partial charge in [0.15, 0.2) is 11.7 Å². The van der Waals surface area contributed by atoms with E-state index in [2.05, 4.69) is 76.8 Å². The Bertz CT molecular complexity index is 2300. The molecule has 13 heteroatoms. The summed E-state index contributed by atoms with van der Waals surface area (Å²) in [6.45, 7) is 12.2. The molecule has 2 aromatic carbocycles. The van der Waals surface area contributed by atoms with Crippen molar-refractivity contribution in [1.82, 2.24) is 14.5 Å². The summed E-state index contributed by atoms with van der Waals surface area (Å²) in [6, 6.07) is 21.7. The SMILES string of the molecule is CCCc1cc2nc3ccc(N4CCC4)cc3sc-2cc1=O.CCCc1cc2nc3ccc(N4CCC4)cc3sc-2cc1=[N+]1CCC1.OC1CCCO1.[I-].[K+].[OH-]. The van der Waals surface area contributed by atoms with E-state index >= 15 is 0 Å². The number of hydrogen-bond acceptors (Lipinski definition) is 10. The first kappa shape index (κ1) is 45.5. The first-order valence-corrected chi connectivity index (χ1v) is 21.2. The summed E-state index contributed by atoms with van der Waals surface area (Å²) in [5.41, 5.74) is 9.34. The second-order valence-electron chi connectivity index (χ2n) is 14.6. The zero-order valence-corrected chi connectivity index (χ0v) is 39.7. The fourth-order valence-corrected chi connectivity index (χ4v) is 9.30. The number of halogens is 1. The number of aliphatic hydroxyl groups is 1. The minimum atomic E-state index is -0.454. The van der Waals surface area contributed by atoms with Crippen LogP contribution >= 0.6 is 22.7 Å². The minimum Gasteiger partial charge on any atom is -1.00 e. The van der Waals surface area contributed by atoms with Gasteiger partial charge in [0.25, 0.3) is 0 Å². The molecule has 0 radical (unpaired) electrons. The van der Waals surface area contributed by atoms with Crippen LogP contribution in [0.5, 0.6) is 0 Å². The summed E-state index contributed by atoms with van der Waals surface area (Å²) in [5.74, 6) is 0. The van der Waals surface area contributed by atoms with E-state index in [0.29, 0.717) is 0 Å². The van der Waals surface area contributed by atoms with Crippen molar-refractivity contribution in [1.29, 1.82) is 0 Å². The van der Waals surface area contributed by atoms with Crippen molar-refractivity contribution in [3.05, 3.63) is 87.4 Å². The number of ether oxygens (including phenoxy) is 1. The average Bonchev–Trinajstić information content (AvgIpc) is 3.57. The van der Waals surface area contributed by atoms with E-state index in [0.717, 1.165) is 89.4 Å². The number of anilines is 2. The van der Waals surface area contributed by atoms with E-state index in [4.69, 9.17) is 19.8 Å². The molecule has 2 N–H and O–H groups in total. The monoisotopic (exact) mass is 931 g/mol. The van der Waals surface area contributed by atoms with Crippen LogP contribution < -0.4 is 101 Å². The Balaban J connectivity index is 0.000000179. The number of aliphatic hydroxyl groups excluding tert-OH is 1. The van der Waals surface area contributed by atoms with Crippen LogP contribution in [0, 0.1) is 0 Å². The molecule has 6 aliphatic heterocycles. The number of fused-ring (bicyclic) bond motifs is 4. The third-order valence-corrected chi connectivity index (χ3v) is 12.9. The standard InChI is InChI=1S/C21H24N3S.C18H18N2OS.C4H8O2.HI.K.H2O/c1-2-5-15-12-18-21(14-19(15)24-10-4-11-24)25-20-13-16(23-8-3-9-23)6-7-17(20)22-18;1-2-4-12-9-15-18(11-16(12)21)22-17-10-13(20-7-3-8-20)5-6-14(17)19-15;5-4-2-1-3-6-4;;;/h6-7,12-14H,2-5,8-11H2,1H3;5-6,9-11H,2-4,7-8H2,1H3;4-5H,1-3H2;1H;;1H2/q+1;;;;+1;/p-2. The topological polar surface area (TPSA) is 112 Å². The molecular weight excluding hydrogens is 881 g/mol. The van der Waals surface area contributed by atoms with Crippen molar-refractivity contribution in [2.45, 2.75) is 77.9 Å². The van der Waals surface area contributed by atoms with Crippen LogP contribution in [0.25, 0.3) is 41.6 Å². The zero-order chi connectivity index (χ0) is 36.3. The Labute approximate surface area is 397 Å². The molecule has 0 amide bonds. The van der Waals surface area contributed by atoms with Gasteiger partial charge in [-0.15, -0.1) is 22.7 Å². The normalized spacial score (nSPS) is 17.0. The van der Waals surface area contributed by atoms with Crippen molar-refractivity contribution in [2.24, 2.45) is 0 Å². The van der Waals surface area contributed by atoms with Gasteiger partial charge in [0.05, 0.1) is 48.0 Å². The van der Waals surface area contributed by atoms with Gasteiger partial charge in [0.2, 0.25) is 5.36 Å². The van der Waals surface area contributed by atoms with Gasteiger partial charge in [-0.3, -0.25) is 4.79 Å². The first-order valence-electron chi connectivity index (χ1n) is 19.6. The first-order chi connectivity index (χ1) is 25.9. The molecule has 4 fully saturated rings. The summed E-state index contributed by atoms with van der Waals surface area (Å²) in [6.07, 6.45) is 9.43. The molecule has 0 spiro atoms. The molecule has 2 aromatic rings. The Morgan fingerprint density at radius 3 is 1.71 bits per heavy atom. The summed E-state index contributed by atoms with van der Waals surface area (Å²) in [7, 11) is 0. The summed E-state index contributed by atoms with van der Waals surface area (Å²) < 4.78 is 9.69. The van der Waals surface area contributed by atoms with Crippen molar-refractivity contribution in [3.63, 3.8) is 0 Å².